The zero-order valence-electron chi connectivity index (χ0n) is 14.5. The van der Waals surface area contributed by atoms with Crippen molar-refractivity contribution in [2.75, 3.05) is 19.9 Å². The average Bonchev–Trinajstić information content (AvgIpc) is 3.16. The van der Waals surface area contributed by atoms with Crippen LogP contribution >= 0.6 is 0 Å². The zero-order chi connectivity index (χ0) is 17.9. The molecule has 6 heteroatoms. The minimum atomic E-state index is -0.567. The second-order valence-corrected chi connectivity index (χ2v) is 6.78. The third-order valence-electron chi connectivity index (χ3n) is 5.12. The molecule has 1 atom stereocenters. The number of ether oxygens (including phenoxy) is 2. The highest BCUT2D eigenvalue weighted by atomic mass is 16.7. The quantitative estimate of drug-likeness (QED) is 0.912. The number of fused-ring (bicyclic) bond motifs is 1. The van der Waals surface area contributed by atoms with E-state index >= 15 is 0 Å². The predicted octanol–water partition coefficient (Wildman–Crippen LogP) is 2.33. The number of rotatable bonds is 4. The Morgan fingerprint density at radius 2 is 2.00 bits per heavy atom. The number of carbonyl (C=O) groups is 1. The van der Waals surface area contributed by atoms with Crippen LogP contribution in [0.5, 0.6) is 11.5 Å². The second kappa shape index (κ2) is 7.33. The molecule has 0 saturated carbocycles. The van der Waals surface area contributed by atoms with Crippen molar-refractivity contribution in [3.8, 4) is 11.5 Å². The van der Waals surface area contributed by atoms with Gasteiger partial charge in [0, 0.05) is 19.3 Å². The SMILES string of the molecule is O=C(Cc1ccc2c(c1)OCO2)N1CCC([C@@H](O)c2ccccn2)CC1. The van der Waals surface area contributed by atoms with Crippen LogP contribution in [0.2, 0.25) is 0 Å². The highest BCUT2D eigenvalue weighted by Gasteiger charge is 2.29. The van der Waals surface area contributed by atoms with Gasteiger partial charge in [-0.2, -0.15) is 0 Å². The molecule has 2 aliphatic rings. The number of aliphatic hydroxyl groups excluding tert-OH is 1. The maximum absolute atomic E-state index is 12.6. The maximum atomic E-state index is 12.6. The minimum Gasteiger partial charge on any atom is -0.454 e. The molecule has 2 aromatic rings. The lowest BCUT2D eigenvalue weighted by Crippen LogP contribution is -2.40. The number of amides is 1. The molecule has 0 bridgehead atoms. The summed E-state index contributed by atoms with van der Waals surface area (Å²) in [4.78, 5) is 18.7. The number of benzene rings is 1. The number of likely N-dealkylation sites (tertiary alicyclic amines) is 1. The fourth-order valence-corrected chi connectivity index (χ4v) is 3.59. The van der Waals surface area contributed by atoms with Gasteiger partial charge in [-0.25, -0.2) is 0 Å². The summed E-state index contributed by atoms with van der Waals surface area (Å²) in [5.74, 6) is 1.67. The summed E-state index contributed by atoms with van der Waals surface area (Å²) in [6.45, 7) is 1.56. The molecule has 1 aromatic carbocycles. The van der Waals surface area contributed by atoms with E-state index in [0.717, 1.165) is 24.2 Å². The molecule has 0 radical (unpaired) electrons. The number of nitrogens with zero attached hydrogens (tertiary/aromatic N) is 2. The van der Waals surface area contributed by atoms with E-state index in [4.69, 9.17) is 9.47 Å². The normalized spacial score (nSPS) is 18.0. The molecule has 2 aliphatic heterocycles. The van der Waals surface area contributed by atoms with E-state index in [9.17, 15) is 9.90 Å². The van der Waals surface area contributed by atoms with Crippen LogP contribution in [0.4, 0.5) is 0 Å². The maximum Gasteiger partial charge on any atom is 0.231 e. The number of aromatic nitrogens is 1. The Bertz CT molecular complexity index is 773. The predicted molar refractivity (Wildman–Crippen MR) is 94.8 cm³/mol. The van der Waals surface area contributed by atoms with Crippen LogP contribution in [0.3, 0.4) is 0 Å². The van der Waals surface area contributed by atoms with E-state index < -0.39 is 6.10 Å². The summed E-state index contributed by atoms with van der Waals surface area (Å²) in [5, 5.41) is 10.5. The largest absolute Gasteiger partial charge is 0.454 e. The molecule has 0 aliphatic carbocycles. The number of hydrogen-bond donors (Lipinski definition) is 1. The molecule has 26 heavy (non-hydrogen) atoms. The molecular weight excluding hydrogens is 332 g/mol. The number of hydrogen-bond acceptors (Lipinski definition) is 5. The van der Waals surface area contributed by atoms with Gasteiger partial charge in [0.2, 0.25) is 12.7 Å². The first-order valence-electron chi connectivity index (χ1n) is 8.96. The van der Waals surface area contributed by atoms with Crippen molar-refractivity contribution in [3.05, 3.63) is 53.9 Å². The Balaban J connectivity index is 1.32. The Morgan fingerprint density at radius 3 is 2.77 bits per heavy atom. The van der Waals surface area contributed by atoms with Crippen molar-refractivity contribution in [1.82, 2.24) is 9.88 Å². The molecule has 4 rings (SSSR count). The van der Waals surface area contributed by atoms with Gasteiger partial charge >= 0.3 is 0 Å². The molecule has 1 amide bonds. The summed E-state index contributed by atoms with van der Waals surface area (Å²) in [6.07, 6.45) is 3.05. The van der Waals surface area contributed by atoms with Crippen LogP contribution in [-0.2, 0) is 11.2 Å². The summed E-state index contributed by atoms with van der Waals surface area (Å²) in [5.41, 5.74) is 1.63. The van der Waals surface area contributed by atoms with Crippen molar-refractivity contribution < 1.29 is 19.4 Å². The van der Waals surface area contributed by atoms with Gasteiger partial charge in [-0.05, 0) is 48.6 Å². The fraction of sp³-hybridized carbons (Fsp3) is 0.400. The lowest BCUT2D eigenvalue weighted by molar-refractivity contribution is -0.132. The van der Waals surface area contributed by atoms with Crippen LogP contribution in [-0.4, -0.2) is 40.8 Å². The van der Waals surface area contributed by atoms with Gasteiger partial charge in [-0.3, -0.25) is 9.78 Å². The van der Waals surface area contributed by atoms with E-state index in [2.05, 4.69) is 4.98 Å². The Hall–Kier alpha value is -2.60. The third-order valence-corrected chi connectivity index (χ3v) is 5.12. The summed E-state index contributed by atoms with van der Waals surface area (Å²) < 4.78 is 10.7. The first-order chi connectivity index (χ1) is 12.7. The Labute approximate surface area is 152 Å². The van der Waals surface area contributed by atoms with Crippen LogP contribution in [0.25, 0.3) is 0 Å². The Morgan fingerprint density at radius 1 is 1.19 bits per heavy atom. The molecule has 6 nitrogen and oxygen atoms in total. The lowest BCUT2D eigenvalue weighted by Gasteiger charge is -2.34. The van der Waals surface area contributed by atoms with Gasteiger partial charge < -0.3 is 19.5 Å². The number of aliphatic hydroxyl groups is 1. The van der Waals surface area contributed by atoms with E-state index in [0.29, 0.717) is 31.0 Å². The van der Waals surface area contributed by atoms with Crippen LogP contribution < -0.4 is 9.47 Å². The molecular formula is C20H22N2O4. The fourth-order valence-electron chi connectivity index (χ4n) is 3.59. The van der Waals surface area contributed by atoms with Crippen LogP contribution in [0.1, 0.15) is 30.2 Å². The van der Waals surface area contributed by atoms with E-state index in [1.54, 1.807) is 6.20 Å². The summed E-state index contributed by atoms with van der Waals surface area (Å²) in [7, 11) is 0. The first-order valence-corrected chi connectivity index (χ1v) is 8.96. The van der Waals surface area contributed by atoms with Crippen molar-refractivity contribution in [3.63, 3.8) is 0 Å². The molecule has 0 unspecified atom stereocenters. The topological polar surface area (TPSA) is 71.9 Å². The monoisotopic (exact) mass is 354 g/mol. The molecule has 136 valence electrons. The number of piperidine rings is 1. The molecule has 1 fully saturated rings. The first kappa shape index (κ1) is 16.8. The molecule has 1 saturated heterocycles. The summed E-state index contributed by atoms with van der Waals surface area (Å²) >= 11 is 0. The highest BCUT2D eigenvalue weighted by molar-refractivity contribution is 5.79. The van der Waals surface area contributed by atoms with E-state index in [1.807, 2.05) is 41.3 Å². The lowest BCUT2D eigenvalue weighted by atomic mass is 9.89. The van der Waals surface area contributed by atoms with Gasteiger partial charge in [0.15, 0.2) is 11.5 Å². The van der Waals surface area contributed by atoms with Gasteiger partial charge in [0.25, 0.3) is 0 Å². The molecule has 1 N–H and O–H groups in total. The van der Waals surface area contributed by atoms with Crippen LogP contribution in [0, 0.1) is 5.92 Å². The van der Waals surface area contributed by atoms with Gasteiger partial charge in [0.05, 0.1) is 18.2 Å². The molecule has 1 aromatic heterocycles. The van der Waals surface area contributed by atoms with Gasteiger partial charge in [-0.15, -0.1) is 0 Å². The molecule has 0 spiro atoms. The molecule has 3 heterocycles. The van der Waals surface area contributed by atoms with Crippen molar-refractivity contribution in [2.24, 2.45) is 5.92 Å². The number of carbonyl (C=O) groups excluding carboxylic acids is 1. The Kier molecular flexibility index (Phi) is 4.75. The zero-order valence-corrected chi connectivity index (χ0v) is 14.5. The minimum absolute atomic E-state index is 0.106. The average molecular weight is 354 g/mol. The standard InChI is InChI=1S/C20H22N2O4/c23-19(12-14-4-5-17-18(11-14)26-13-25-17)22-9-6-15(7-10-22)20(24)16-3-1-2-8-21-16/h1-5,8,11,15,20,24H,6-7,9-10,12-13H2/t20-/m1/s1. The summed E-state index contributed by atoms with van der Waals surface area (Å²) in [6, 6.07) is 11.2. The van der Waals surface area contributed by atoms with Crippen molar-refractivity contribution in [2.45, 2.75) is 25.4 Å². The van der Waals surface area contributed by atoms with E-state index in [-0.39, 0.29) is 18.6 Å². The van der Waals surface area contributed by atoms with E-state index in [1.165, 1.54) is 0 Å². The third kappa shape index (κ3) is 3.51. The van der Waals surface area contributed by atoms with Crippen LogP contribution in [0.15, 0.2) is 42.6 Å². The smallest absolute Gasteiger partial charge is 0.231 e. The number of pyridine rings is 1. The second-order valence-electron chi connectivity index (χ2n) is 6.78. The van der Waals surface area contributed by atoms with Gasteiger partial charge in [0.1, 0.15) is 0 Å². The van der Waals surface area contributed by atoms with Crippen molar-refractivity contribution >= 4 is 5.91 Å². The van der Waals surface area contributed by atoms with Crippen molar-refractivity contribution in [1.29, 1.82) is 0 Å². The highest BCUT2D eigenvalue weighted by Crippen LogP contribution is 2.33. The van der Waals surface area contributed by atoms with Gasteiger partial charge in [-0.1, -0.05) is 12.1 Å².